The Morgan fingerprint density at radius 3 is 1.00 bits per heavy atom. The van der Waals surface area contributed by atoms with E-state index in [-0.39, 0.29) is 10.4 Å². The first-order valence-electron chi connectivity index (χ1n) is 19.2. The van der Waals surface area contributed by atoms with Crippen molar-refractivity contribution in [1.29, 1.82) is 0 Å². The van der Waals surface area contributed by atoms with E-state index in [9.17, 15) is 0 Å². The average molecular weight is 1300 g/mol. The maximum absolute atomic E-state index is 5.55. The van der Waals surface area contributed by atoms with Crippen molar-refractivity contribution in [3.63, 3.8) is 0 Å². The van der Waals surface area contributed by atoms with Gasteiger partial charge < -0.3 is 0 Å². The molecule has 17 heteroatoms. The van der Waals surface area contributed by atoms with Crippen LogP contribution in [0.4, 0.5) is 0 Å². The monoisotopic (exact) mass is 1310 g/mol. The molecule has 54 heavy (non-hydrogen) atoms. The van der Waals surface area contributed by atoms with E-state index in [0.717, 1.165) is 83.4 Å². The van der Waals surface area contributed by atoms with Crippen LogP contribution in [0.25, 0.3) is 0 Å². The Kier molecular flexibility index (Phi) is 88.3. The fourth-order valence-electron chi connectivity index (χ4n) is 1.84. The Balaban J connectivity index is -0.0000000749. The summed E-state index contributed by atoms with van der Waals surface area (Å²) in [7, 11) is 0. The van der Waals surface area contributed by atoms with Gasteiger partial charge in [-0.25, -0.2) is 0 Å². The third-order valence-corrected chi connectivity index (χ3v) is 18.2. The van der Waals surface area contributed by atoms with Crippen LogP contribution in [0.15, 0.2) is 0 Å². The topological polar surface area (TPSA) is 234 Å². The summed E-state index contributed by atoms with van der Waals surface area (Å²) in [5.41, 5.74) is 49.0. The molecule has 0 aromatic rings. The van der Waals surface area contributed by atoms with Crippen molar-refractivity contribution in [1.82, 2.24) is 0 Å². The molecular weight excluding hydrogens is 1200 g/mol. The SMILES string of the molecule is CC(N)C(C)(C)[SeH].CC(N)CC[SeH].CC(N)C[SeH].CC(N)C[Se]CCN.CC[Se]CC(C)N.CC[Se]CCC(C)N.C[Se]CC(C)N.C[Se]CCC(C)N. The molecule has 18 N–H and O–H groups in total. The van der Waals surface area contributed by atoms with Gasteiger partial charge in [0.2, 0.25) is 0 Å². The molecule has 0 aliphatic carbocycles. The van der Waals surface area contributed by atoms with E-state index in [1.54, 1.807) is 0 Å². The van der Waals surface area contributed by atoms with Crippen molar-refractivity contribution >= 4 is 123 Å². The summed E-state index contributed by atoms with van der Waals surface area (Å²) in [6, 6.07) is 3.08. The summed E-state index contributed by atoms with van der Waals surface area (Å²) < 4.78 is 0.215. The quantitative estimate of drug-likeness (QED) is 0.0640. The summed E-state index contributed by atoms with van der Waals surface area (Å²) in [5, 5.41) is 12.4. The Hall–Kier alpha value is 3.80. The molecule has 0 spiro atoms. The predicted molar refractivity (Wildman–Crippen MR) is 268 cm³/mol. The van der Waals surface area contributed by atoms with Gasteiger partial charge in [-0.15, -0.1) is 0 Å². The molecule has 0 fully saturated rings. The van der Waals surface area contributed by atoms with Crippen LogP contribution in [0.1, 0.15) is 102 Å². The van der Waals surface area contributed by atoms with Crippen LogP contribution in [0.5, 0.6) is 0 Å². The van der Waals surface area contributed by atoms with Crippen molar-refractivity contribution in [3.05, 3.63) is 0 Å². The molecule has 0 aromatic heterocycles. The first kappa shape index (κ1) is 75.2. The second kappa shape index (κ2) is 63.4. The first-order chi connectivity index (χ1) is 24.8. The van der Waals surface area contributed by atoms with E-state index in [0.29, 0.717) is 57.2 Å². The molecule has 0 bridgehead atoms. The summed E-state index contributed by atoms with van der Waals surface area (Å²) >= 11 is 11.5. The first-order valence-corrected chi connectivity index (χ1v) is 35.9. The molecule has 0 amide bonds. The second-order valence-electron chi connectivity index (χ2n) is 13.7. The Bertz CT molecular complexity index is 554. The Labute approximate surface area is 396 Å². The molecule has 0 heterocycles. The molecule has 0 aromatic carbocycles. The fourth-order valence-corrected chi connectivity index (χ4v) is 9.56. The zero-order valence-electron chi connectivity index (χ0n) is 37.6. The molecule has 0 aliphatic rings. The van der Waals surface area contributed by atoms with Gasteiger partial charge in [0, 0.05) is 0 Å². The molecule has 340 valence electrons. The second-order valence-corrected chi connectivity index (χ2v) is 29.9. The normalized spacial score (nSPS) is 14.6. The third kappa shape index (κ3) is 131. The van der Waals surface area contributed by atoms with Gasteiger partial charge in [-0.1, -0.05) is 0 Å². The molecule has 0 saturated heterocycles. The van der Waals surface area contributed by atoms with Crippen LogP contribution in [-0.2, 0) is 0 Å². The van der Waals surface area contributed by atoms with Crippen LogP contribution >= 0.6 is 0 Å². The van der Waals surface area contributed by atoms with Crippen LogP contribution < -0.4 is 51.6 Å². The van der Waals surface area contributed by atoms with E-state index >= 15 is 0 Å². The summed E-state index contributed by atoms with van der Waals surface area (Å²) in [4.78, 5) is 0. The van der Waals surface area contributed by atoms with Crippen LogP contribution in [0, 0.1) is 0 Å². The zero-order chi connectivity index (χ0) is 44.6. The molecule has 0 aliphatic heterocycles. The Morgan fingerprint density at radius 2 is 0.852 bits per heavy atom. The van der Waals surface area contributed by atoms with Crippen LogP contribution in [-0.4, -0.2) is 178 Å². The van der Waals surface area contributed by atoms with Crippen LogP contribution in [0.2, 0.25) is 69.2 Å². The van der Waals surface area contributed by atoms with Gasteiger partial charge in [-0.05, 0) is 0 Å². The van der Waals surface area contributed by atoms with Gasteiger partial charge in [0.15, 0.2) is 0 Å². The third-order valence-electron chi connectivity index (χ3n) is 5.34. The molecule has 0 radical (unpaired) electrons. The molecule has 8 unspecified atom stereocenters. The molecule has 9 nitrogen and oxygen atoms in total. The summed E-state index contributed by atoms with van der Waals surface area (Å²) in [6.45, 7) is 25.8. The average Bonchev–Trinajstić information content (AvgIpc) is 3.04. The Morgan fingerprint density at radius 1 is 0.500 bits per heavy atom. The number of nitrogens with two attached hydrogens (primary N) is 9. The number of rotatable bonds is 20. The zero-order valence-corrected chi connectivity index (χ0v) is 51.8. The standard InChI is InChI=1S/C6H15NSe.C5H14N2Se.3C5H13NSe.2C4H11NSe.C3H9NSe/c1-3-8-5-4-6(2)7;1-5(7)4-8-3-2-6;1-5(6)3-4-7-2;1-4(6)5(2,3)7;1-3-7-4-5(2)6;1-4(5)3-6-2;1-4(5)2-3-6;1-3(4)2-5/h6H,3-5,7H2,1-2H3;5H,2-4,6-7H2,1H3;5H,3-4,6H2,1-2H3;4,7H,6H2,1-3H3;5H,3-4,6H2,1-2H3;4H,3,5H2,1-2H3;4,6H,2-3,5H2,1H3;3,5H,2,4H2,1H3. The van der Waals surface area contributed by atoms with Crippen molar-refractivity contribution in [2.24, 2.45) is 51.6 Å². The molecule has 0 rings (SSSR count). The van der Waals surface area contributed by atoms with Gasteiger partial charge in [0.1, 0.15) is 0 Å². The van der Waals surface area contributed by atoms with Crippen molar-refractivity contribution in [2.45, 2.75) is 220 Å². The van der Waals surface area contributed by atoms with Crippen molar-refractivity contribution in [3.8, 4) is 0 Å². The van der Waals surface area contributed by atoms with E-state index in [2.05, 4.69) is 108 Å². The van der Waals surface area contributed by atoms with E-state index < -0.39 is 0 Å². The van der Waals surface area contributed by atoms with Gasteiger partial charge >= 0.3 is 401 Å². The van der Waals surface area contributed by atoms with Gasteiger partial charge in [0.25, 0.3) is 0 Å². The van der Waals surface area contributed by atoms with E-state index in [1.165, 1.54) is 55.4 Å². The van der Waals surface area contributed by atoms with Gasteiger partial charge in [-0.2, -0.15) is 0 Å². The molecule has 0 saturated carbocycles. The summed E-state index contributed by atoms with van der Waals surface area (Å²) in [6.07, 6.45) is 3.55. The number of hydrogen-bond donors (Lipinski definition) is 9. The van der Waals surface area contributed by atoms with Crippen molar-refractivity contribution < 1.29 is 0 Å². The fraction of sp³-hybridized carbons (Fsp3) is 1.00. The van der Waals surface area contributed by atoms with E-state index in [4.69, 9.17) is 51.6 Å². The van der Waals surface area contributed by atoms with Gasteiger partial charge in [0.05, 0.1) is 0 Å². The van der Waals surface area contributed by atoms with Crippen LogP contribution in [0.3, 0.4) is 0 Å². The summed E-state index contributed by atoms with van der Waals surface area (Å²) in [5.74, 6) is 4.45. The van der Waals surface area contributed by atoms with Gasteiger partial charge in [-0.3, -0.25) is 0 Å². The maximum atomic E-state index is 5.55. The molecule has 8 atom stereocenters. The predicted octanol–water partition coefficient (Wildman–Crippen LogP) is 3.54. The molecular formula is C37H99N9Se8. The van der Waals surface area contributed by atoms with E-state index in [1.807, 2.05) is 34.6 Å². The number of hydrogen-bond acceptors (Lipinski definition) is 9. The minimum atomic E-state index is 0.215. The van der Waals surface area contributed by atoms with Crippen molar-refractivity contribution in [2.75, 3.05) is 6.54 Å². The minimum absolute atomic E-state index is 0.215.